The molecule has 9 nitrogen and oxygen atoms in total. The summed E-state index contributed by atoms with van der Waals surface area (Å²) in [6.45, 7) is 6.42. The zero-order valence-corrected chi connectivity index (χ0v) is 19.2. The van der Waals surface area contributed by atoms with Crippen molar-refractivity contribution in [1.82, 2.24) is 9.55 Å². The van der Waals surface area contributed by atoms with Gasteiger partial charge in [0.05, 0.1) is 22.2 Å². The quantitative estimate of drug-likeness (QED) is 0.303. The Morgan fingerprint density at radius 1 is 1.18 bits per heavy atom. The normalized spacial score (nSPS) is 11.1. The predicted molar refractivity (Wildman–Crippen MR) is 127 cm³/mol. The summed E-state index contributed by atoms with van der Waals surface area (Å²) >= 11 is 1.36. The van der Waals surface area contributed by atoms with Gasteiger partial charge in [-0.15, -0.1) is 11.3 Å². The molecule has 1 N–H and O–H groups in total. The fourth-order valence-corrected chi connectivity index (χ4v) is 4.38. The molecule has 10 heteroatoms. The molecule has 0 spiro atoms. The van der Waals surface area contributed by atoms with Crippen molar-refractivity contribution in [2.24, 2.45) is 0 Å². The number of hydrogen-bond donors (Lipinski definition) is 1. The summed E-state index contributed by atoms with van der Waals surface area (Å²) in [4.78, 5) is 39.4. The maximum atomic E-state index is 12.4. The number of carbonyl (C=O) groups is 1. The first-order chi connectivity index (χ1) is 15.7. The van der Waals surface area contributed by atoms with Crippen molar-refractivity contribution < 1.29 is 14.1 Å². The first-order valence-electron chi connectivity index (χ1n) is 10.3. The highest BCUT2D eigenvalue weighted by atomic mass is 32.1. The highest BCUT2D eigenvalue weighted by Gasteiger charge is 2.15. The van der Waals surface area contributed by atoms with Crippen LogP contribution >= 0.6 is 11.3 Å². The summed E-state index contributed by atoms with van der Waals surface area (Å²) in [5.41, 5.74) is 5.86. The molecule has 2 aromatic carbocycles. The van der Waals surface area contributed by atoms with Gasteiger partial charge in [0.2, 0.25) is 5.91 Å². The Bertz CT molecular complexity index is 1430. The standard InChI is InChI=1S/C23H22N4O5S/c1-13-9-15(3)17(10-14(13)2)18-12-33-22(24-18)25-21(28)5-4-8-26-19-7-6-16(27(30)31)11-20(19)32-23(26)29/h6-7,9-12H,4-5,8H2,1-3H3,(H,24,25,28). The second kappa shape index (κ2) is 8.99. The lowest BCUT2D eigenvalue weighted by molar-refractivity contribution is -0.384. The number of fused-ring (bicyclic) bond motifs is 1. The van der Waals surface area contributed by atoms with Crippen molar-refractivity contribution in [2.45, 2.75) is 40.2 Å². The van der Waals surface area contributed by atoms with Gasteiger partial charge in [0.1, 0.15) is 0 Å². The number of benzene rings is 2. The van der Waals surface area contributed by atoms with Crippen LogP contribution in [0.3, 0.4) is 0 Å². The lowest BCUT2D eigenvalue weighted by Crippen LogP contribution is -2.17. The van der Waals surface area contributed by atoms with Gasteiger partial charge in [-0.1, -0.05) is 6.07 Å². The van der Waals surface area contributed by atoms with Gasteiger partial charge in [0.15, 0.2) is 10.7 Å². The smallest absolute Gasteiger partial charge is 0.407 e. The van der Waals surface area contributed by atoms with Crippen molar-refractivity contribution >= 4 is 39.2 Å². The van der Waals surface area contributed by atoms with Crippen molar-refractivity contribution in [3.63, 3.8) is 0 Å². The van der Waals surface area contributed by atoms with Gasteiger partial charge in [0.25, 0.3) is 5.69 Å². The number of nitrogens with zero attached hydrogens (tertiary/aromatic N) is 3. The van der Waals surface area contributed by atoms with Crippen LogP contribution in [0.15, 0.2) is 44.9 Å². The predicted octanol–water partition coefficient (Wildman–Crippen LogP) is 4.97. The van der Waals surface area contributed by atoms with E-state index in [2.05, 4.69) is 36.3 Å². The Morgan fingerprint density at radius 3 is 2.70 bits per heavy atom. The summed E-state index contributed by atoms with van der Waals surface area (Å²) in [6, 6.07) is 8.24. The lowest BCUT2D eigenvalue weighted by atomic mass is 9.99. The summed E-state index contributed by atoms with van der Waals surface area (Å²) in [7, 11) is 0. The van der Waals surface area contributed by atoms with Gasteiger partial charge in [-0.3, -0.25) is 19.5 Å². The molecule has 2 heterocycles. The highest BCUT2D eigenvalue weighted by Crippen LogP contribution is 2.29. The third-order valence-corrected chi connectivity index (χ3v) is 6.27. The van der Waals surface area contributed by atoms with Gasteiger partial charge >= 0.3 is 5.76 Å². The van der Waals surface area contributed by atoms with E-state index in [4.69, 9.17) is 4.42 Å². The minimum absolute atomic E-state index is 0.149. The summed E-state index contributed by atoms with van der Waals surface area (Å²) in [6.07, 6.45) is 0.579. The molecule has 0 fully saturated rings. The van der Waals surface area contributed by atoms with Crippen LogP contribution in [0.2, 0.25) is 0 Å². The third kappa shape index (κ3) is 4.70. The molecule has 0 radical (unpaired) electrons. The van der Waals surface area contributed by atoms with Gasteiger partial charge in [-0.05, 0) is 56.0 Å². The van der Waals surface area contributed by atoms with Crippen LogP contribution in [-0.4, -0.2) is 20.4 Å². The molecule has 2 aromatic heterocycles. The van der Waals surface area contributed by atoms with Crippen LogP contribution in [0.1, 0.15) is 29.5 Å². The van der Waals surface area contributed by atoms with Crippen LogP contribution in [0.5, 0.6) is 0 Å². The number of aryl methyl sites for hydroxylation is 4. The highest BCUT2D eigenvalue weighted by molar-refractivity contribution is 7.14. The maximum Gasteiger partial charge on any atom is 0.419 e. The number of non-ortho nitro benzene ring substituents is 1. The van der Waals surface area contributed by atoms with E-state index >= 15 is 0 Å². The molecule has 33 heavy (non-hydrogen) atoms. The number of thiazole rings is 1. The minimum atomic E-state index is -0.612. The average molecular weight is 467 g/mol. The molecule has 4 rings (SSSR count). The number of amides is 1. The van der Waals surface area contributed by atoms with Crippen molar-refractivity contribution in [2.75, 3.05) is 5.32 Å². The first kappa shape index (κ1) is 22.4. The molecule has 0 aliphatic carbocycles. The second-order valence-corrected chi connectivity index (χ2v) is 8.73. The van der Waals surface area contributed by atoms with E-state index in [1.165, 1.54) is 45.2 Å². The fourth-order valence-electron chi connectivity index (χ4n) is 3.65. The van der Waals surface area contributed by atoms with Crippen LogP contribution < -0.4 is 11.1 Å². The molecule has 0 bridgehead atoms. The number of aromatic nitrogens is 2. The van der Waals surface area contributed by atoms with E-state index in [1.807, 2.05) is 12.3 Å². The van der Waals surface area contributed by atoms with E-state index in [0.29, 0.717) is 17.1 Å². The van der Waals surface area contributed by atoms with E-state index in [-0.39, 0.29) is 30.1 Å². The Morgan fingerprint density at radius 2 is 1.94 bits per heavy atom. The van der Waals surface area contributed by atoms with E-state index < -0.39 is 10.7 Å². The molecule has 170 valence electrons. The van der Waals surface area contributed by atoms with Crippen LogP contribution in [0.25, 0.3) is 22.4 Å². The van der Waals surface area contributed by atoms with E-state index in [1.54, 1.807) is 0 Å². The minimum Gasteiger partial charge on any atom is -0.407 e. The molecule has 0 unspecified atom stereocenters. The van der Waals surface area contributed by atoms with Gasteiger partial charge in [0, 0.05) is 30.0 Å². The van der Waals surface area contributed by atoms with Crippen LogP contribution in [-0.2, 0) is 11.3 Å². The molecule has 4 aromatic rings. The number of nitrogens with one attached hydrogen (secondary N) is 1. The van der Waals surface area contributed by atoms with Gasteiger partial charge in [-0.2, -0.15) is 0 Å². The molecular weight excluding hydrogens is 444 g/mol. The number of rotatable bonds is 7. The van der Waals surface area contributed by atoms with Gasteiger partial charge in [-0.25, -0.2) is 9.78 Å². The largest absolute Gasteiger partial charge is 0.419 e. The zero-order chi connectivity index (χ0) is 23.7. The van der Waals surface area contributed by atoms with Crippen LogP contribution in [0.4, 0.5) is 10.8 Å². The zero-order valence-electron chi connectivity index (χ0n) is 18.4. The molecule has 0 saturated carbocycles. The van der Waals surface area contributed by atoms with Gasteiger partial charge < -0.3 is 9.73 Å². The van der Waals surface area contributed by atoms with Crippen molar-refractivity contribution in [3.05, 3.63) is 73.1 Å². The molecule has 0 atom stereocenters. The maximum absolute atomic E-state index is 12.4. The van der Waals surface area contributed by atoms with Crippen molar-refractivity contribution in [3.8, 4) is 11.3 Å². The topological polar surface area (TPSA) is 120 Å². The number of hydrogen-bond acceptors (Lipinski definition) is 7. The number of anilines is 1. The fraction of sp³-hybridized carbons (Fsp3) is 0.261. The third-order valence-electron chi connectivity index (χ3n) is 5.52. The molecule has 0 aliphatic heterocycles. The first-order valence-corrected chi connectivity index (χ1v) is 11.2. The summed E-state index contributed by atoms with van der Waals surface area (Å²) in [5, 5.41) is 16.1. The molecule has 0 aliphatic rings. The Labute approximate surface area is 192 Å². The molecule has 1 amide bonds. The molecule has 0 saturated heterocycles. The summed E-state index contributed by atoms with van der Waals surface area (Å²) in [5.74, 6) is -0.816. The number of nitro benzene ring substituents is 1. The number of oxazole rings is 1. The number of nitro groups is 1. The Hall–Kier alpha value is -3.79. The Balaban J connectivity index is 1.38. The Kier molecular flexibility index (Phi) is 6.10. The van der Waals surface area contributed by atoms with E-state index in [0.717, 1.165) is 16.8 Å². The van der Waals surface area contributed by atoms with E-state index in [9.17, 15) is 19.7 Å². The monoisotopic (exact) mass is 466 g/mol. The lowest BCUT2D eigenvalue weighted by Gasteiger charge is -2.07. The van der Waals surface area contributed by atoms with Crippen LogP contribution in [0, 0.1) is 30.9 Å². The van der Waals surface area contributed by atoms with Crippen molar-refractivity contribution in [1.29, 1.82) is 0 Å². The average Bonchev–Trinajstić information content (AvgIpc) is 3.34. The SMILES string of the molecule is Cc1cc(C)c(-c2csc(NC(=O)CCCn3c(=O)oc4cc([N+](=O)[O-])ccc43)n2)cc1C. The number of carbonyl (C=O) groups excluding carboxylic acids is 1. The second-order valence-electron chi connectivity index (χ2n) is 7.87. The summed E-state index contributed by atoms with van der Waals surface area (Å²) < 4.78 is 6.48. The molecular formula is C23H22N4O5S.